The van der Waals surface area contributed by atoms with E-state index in [-0.39, 0.29) is 45.5 Å². The number of aliphatic hydroxyl groups is 3. The second kappa shape index (κ2) is 29.5. The number of nitrogens with zero attached hydrogens (tertiary/aromatic N) is 2. The molecule has 2 aliphatic rings. The average molecular weight is 1000 g/mol. The Balaban J connectivity index is 1.95. The molecule has 0 radical (unpaired) electrons. The van der Waals surface area contributed by atoms with Gasteiger partial charge in [-0.15, -0.1) is 0 Å². The first kappa shape index (κ1) is 59.6. The van der Waals surface area contributed by atoms with Gasteiger partial charge in [-0.2, -0.15) is 0 Å². The van der Waals surface area contributed by atoms with Gasteiger partial charge in [-0.05, 0) is 51.4 Å². The number of rotatable bonds is 28. The van der Waals surface area contributed by atoms with Crippen molar-refractivity contribution in [1.29, 1.82) is 0 Å². The van der Waals surface area contributed by atoms with Crippen LogP contribution in [-0.2, 0) is 57.5 Å². The molecule has 0 unspecified atom stereocenters. The number of carboxylic acid groups (broad SMARTS) is 2. The van der Waals surface area contributed by atoms with Crippen LogP contribution in [0.1, 0.15) is 72.1 Å². The number of piperidine rings is 1. The third-order valence-electron chi connectivity index (χ3n) is 11.5. The molecule has 2 saturated heterocycles. The molecule has 2 fully saturated rings. The van der Waals surface area contributed by atoms with Gasteiger partial charge in [0.1, 0.15) is 42.3 Å². The van der Waals surface area contributed by atoms with Gasteiger partial charge in [-0.3, -0.25) is 52.7 Å². The van der Waals surface area contributed by atoms with E-state index in [2.05, 4.69) is 42.5 Å². The molecule has 10 amide bonds. The molecule has 0 aromatic heterocycles. The average Bonchev–Trinajstić information content (AvgIpc) is 3.83. The highest BCUT2D eigenvalue weighted by atomic mass is 16.4. The van der Waals surface area contributed by atoms with Crippen LogP contribution in [0.4, 0.5) is 0 Å². The van der Waals surface area contributed by atoms with E-state index < -0.39 is 164 Å². The summed E-state index contributed by atoms with van der Waals surface area (Å²) in [7, 11) is 0. The van der Waals surface area contributed by atoms with E-state index in [4.69, 9.17) is 16.6 Å². The van der Waals surface area contributed by atoms with Gasteiger partial charge >= 0.3 is 11.9 Å². The molecule has 0 aromatic carbocycles. The number of carbonyl (C=O) groups is 12. The predicted molar refractivity (Wildman–Crippen MR) is 240 cm³/mol. The van der Waals surface area contributed by atoms with Crippen molar-refractivity contribution in [1.82, 2.24) is 52.3 Å². The lowest BCUT2D eigenvalue weighted by atomic mass is 9.96. The molecule has 0 bridgehead atoms. The highest BCUT2D eigenvalue weighted by molar-refractivity contribution is 5.98. The summed E-state index contributed by atoms with van der Waals surface area (Å²) in [5, 5.41) is 66.0. The minimum atomic E-state index is -1.80. The molecule has 2 heterocycles. The molecule has 70 heavy (non-hydrogen) atoms. The van der Waals surface area contributed by atoms with Crippen molar-refractivity contribution in [3.63, 3.8) is 0 Å². The molecule has 10 atom stereocenters. The van der Waals surface area contributed by atoms with Gasteiger partial charge in [0.25, 0.3) is 0 Å². The summed E-state index contributed by atoms with van der Waals surface area (Å²) in [4.78, 5) is 155. The summed E-state index contributed by atoms with van der Waals surface area (Å²) < 4.78 is 0. The van der Waals surface area contributed by atoms with Gasteiger partial charge in [-0.25, -0.2) is 4.79 Å². The summed E-state index contributed by atoms with van der Waals surface area (Å²) in [6.07, 6.45) is -0.358. The van der Waals surface area contributed by atoms with Crippen molar-refractivity contribution in [2.75, 3.05) is 52.5 Å². The number of aliphatic carboxylic acids is 2. The Hall–Kier alpha value is -6.56. The van der Waals surface area contributed by atoms with Crippen molar-refractivity contribution in [2.24, 2.45) is 17.4 Å². The number of hydrogen-bond donors (Lipinski definition) is 15. The van der Waals surface area contributed by atoms with E-state index in [1.165, 1.54) is 11.8 Å². The summed E-state index contributed by atoms with van der Waals surface area (Å²) in [6, 6.07) is -11.0. The zero-order valence-electron chi connectivity index (χ0n) is 39.3. The first-order chi connectivity index (χ1) is 33.0. The predicted octanol–water partition coefficient (Wildman–Crippen LogP) is -8.22. The van der Waals surface area contributed by atoms with Crippen LogP contribution in [-0.4, -0.2) is 213 Å². The molecule has 29 heteroatoms. The van der Waals surface area contributed by atoms with Gasteiger partial charge in [0.15, 0.2) is 0 Å². The van der Waals surface area contributed by atoms with Gasteiger partial charge in [0.2, 0.25) is 59.1 Å². The topological polar surface area (TPSA) is 461 Å². The molecular weight excluding hydrogens is 933 g/mol. The highest BCUT2D eigenvalue weighted by Crippen LogP contribution is 2.22. The Morgan fingerprint density at radius 3 is 1.71 bits per heavy atom. The number of carbonyl (C=O) groups excluding carboxylic acids is 10. The normalized spacial score (nSPS) is 19.0. The second-order valence-corrected chi connectivity index (χ2v) is 16.8. The summed E-state index contributed by atoms with van der Waals surface area (Å²) in [5.74, 6) is -12.6. The lowest BCUT2D eigenvalue weighted by Crippen LogP contribution is -2.61. The van der Waals surface area contributed by atoms with Crippen LogP contribution in [0.5, 0.6) is 0 Å². The molecule has 394 valence electrons. The fourth-order valence-electron chi connectivity index (χ4n) is 7.40. The van der Waals surface area contributed by atoms with Crippen LogP contribution in [0, 0.1) is 5.92 Å². The summed E-state index contributed by atoms with van der Waals surface area (Å²) in [5.41, 5.74) is 11.4. The molecule has 0 saturated carbocycles. The molecule has 29 nitrogen and oxygen atoms in total. The molecule has 0 aromatic rings. The van der Waals surface area contributed by atoms with Gasteiger partial charge in [-0.1, -0.05) is 20.3 Å². The first-order valence-corrected chi connectivity index (χ1v) is 22.7. The van der Waals surface area contributed by atoms with Crippen molar-refractivity contribution >= 4 is 71.0 Å². The summed E-state index contributed by atoms with van der Waals surface area (Å²) >= 11 is 0. The number of hydrogen-bond acceptors (Lipinski definition) is 17. The Bertz CT molecular complexity index is 1910. The van der Waals surface area contributed by atoms with Crippen LogP contribution in [0.3, 0.4) is 0 Å². The summed E-state index contributed by atoms with van der Waals surface area (Å²) in [6.45, 7) is 0.490. The first-order valence-electron chi connectivity index (χ1n) is 22.7. The number of aliphatic hydroxyl groups excluding tert-OH is 3. The van der Waals surface area contributed by atoms with E-state index in [0.717, 1.165) is 4.90 Å². The van der Waals surface area contributed by atoms with Crippen LogP contribution in [0.25, 0.3) is 0 Å². The Morgan fingerprint density at radius 1 is 0.629 bits per heavy atom. The van der Waals surface area contributed by atoms with Crippen molar-refractivity contribution < 1.29 is 83.1 Å². The Labute approximate surface area is 402 Å². The molecule has 0 spiro atoms. The van der Waals surface area contributed by atoms with Crippen LogP contribution < -0.4 is 54.0 Å². The van der Waals surface area contributed by atoms with Crippen molar-refractivity contribution in [3.05, 3.63) is 0 Å². The number of amides is 10. The number of nitrogens with two attached hydrogens (primary N) is 2. The quantitative estimate of drug-likeness (QED) is 0.0346. The minimum absolute atomic E-state index is 0.0789. The fourth-order valence-corrected chi connectivity index (χ4v) is 7.40. The third kappa shape index (κ3) is 18.4. The molecular formula is C41H68N12O17. The van der Waals surface area contributed by atoms with Crippen LogP contribution in [0.15, 0.2) is 0 Å². The third-order valence-corrected chi connectivity index (χ3v) is 11.5. The van der Waals surface area contributed by atoms with Gasteiger partial charge in [0.05, 0.1) is 44.8 Å². The number of carboxylic acids is 2. The van der Waals surface area contributed by atoms with Crippen LogP contribution in [0.2, 0.25) is 0 Å². The largest absolute Gasteiger partial charge is 0.481 e. The van der Waals surface area contributed by atoms with E-state index in [1.807, 2.05) is 0 Å². The fraction of sp³-hybridized carbons (Fsp3) is 0.707. The molecule has 2 rings (SSSR count). The highest BCUT2D eigenvalue weighted by Gasteiger charge is 2.41. The minimum Gasteiger partial charge on any atom is -0.481 e. The zero-order chi connectivity index (χ0) is 52.8. The lowest BCUT2D eigenvalue weighted by Gasteiger charge is -2.37. The van der Waals surface area contributed by atoms with E-state index in [0.29, 0.717) is 25.7 Å². The van der Waals surface area contributed by atoms with Crippen LogP contribution >= 0.6 is 0 Å². The molecule has 2 aliphatic heterocycles. The Morgan fingerprint density at radius 2 is 1.17 bits per heavy atom. The van der Waals surface area contributed by atoms with Crippen molar-refractivity contribution in [2.45, 2.75) is 127 Å². The lowest BCUT2D eigenvalue weighted by molar-refractivity contribution is -0.150. The smallest absolute Gasteiger partial charge is 0.326 e. The zero-order valence-corrected chi connectivity index (χ0v) is 39.3. The van der Waals surface area contributed by atoms with Gasteiger partial charge < -0.3 is 89.3 Å². The SMILES string of the molecule is CC[C@H](C)[C@H](NC(=O)[C@@H](NC(=O)CNC(=O)[C@H](CO)NC(=O)CNC(=O)[C@H](CC(=O)O)NC(=O)CNC(=O)[C@@H]1CCCCN1C(=O)[C@H](CN)NC(=O)[C@@H](N)CCO)[C@@H](C)O)C(=O)N1CCC[C@H]1C(=O)O. The number of nitrogens with one attached hydrogen (secondary N) is 8. The monoisotopic (exact) mass is 1000 g/mol. The van der Waals surface area contributed by atoms with E-state index in [1.54, 1.807) is 13.8 Å². The standard InChI is InChI=1S/C41H68N12O17/c1-4-20(2)32(40(68)53-12-7-9-27(53)41(69)70)51-38(66)33(21(3)56)50-30(59)18-45-36(64)25(19-55)48-29(58)16-44-35(63)23(14-31(60)61)47-28(57)17-46-37(65)26-8-5-6-11-52(26)39(67)24(15-42)49-34(62)22(43)10-13-54/h20-27,32-33,54-56H,4-19,42-43H2,1-3H3,(H,44,63)(H,45,64)(H,46,65)(H,47,57)(H,48,58)(H,49,62)(H,50,59)(H,51,66)(H,60,61)(H,69,70)/t20-,21+,22-,23-,24-,25-,26-,27-,32-,33-/m0/s1. The van der Waals surface area contributed by atoms with Crippen molar-refractivity contribution in [3.8, 4) is 0 Å². The molecule has 17 N–H and O–H groups in total. The second-order valence-electron chi connectivity index (χ2n) is 16.8. The number of likely N-dealkylation sites (tertiary alicyclic amines) is 2. The Kier molecular flexibility index (Phi) is 25.1. The van der Waals surface area contributed by atoms with E-state index in [9.17, 15) is 78.0 Å². The maximum absolute atomic E-state index is 13.4. The maximum atomic E-state index is 13.4. The van der Waals surface area contributed by atoms with Gasteiger partial charge in [0, 0.05) is 26.2 Å². The van der Waals surface area contributed by atoms with E-state index >= 15 is 0 Å². The maximum Gasteiger partial charge on any atom is 0.326 e. The molecule has 0 aliphatic carbocycles.